The van der Waals surface area contributed by atoms with Gasteiger partial charge in [-0.1, -0.05) is 17.3 Å². The average molecular weight is 283 g/mol. The molecular weight excluding hydrogens is 262 g/mol. The first-order chi connectivity index (χ1) is 10.3. The van der Waals surface area contributed by atoms with E-state index >= 15 is 0 Å². The zero-order valence-electron chi connectivity index (χ0n) is 12.4. The highest BCUT2D eigenvalue weighted by molar-refractivity contribution is 5.57. The van der Waals surface area contributed by atoms with Crippen molar-refractivity contribution in [3.05, 3.63) is 48.5 Å². The molecule has 0 bridgehead atoms. The lowest BCUT2D eigenvalue weighted by atomic mass is 9.94. The minimum Gasteiger partial charge on any atom is -0.359 e. The molecule has 0 amide bonds. The van der Waals surface area contributed by atoms with Gasteiger partial charge in [0.15, 0.2) is 5.76 Å². The average Bonchev–Trinajstić information content (AvgIpc) is 2.97. The second-order valence-electron chi connectivity index (χ2n) is 5.77. The van der Waals surface area contributed by atoms with E-state index in [0.717, 1.165) is 36.0 Å². The predicted molar refractivity (Wildman–Crippen MR) is 82.5 cm³/mol. The van der Waals surface area contributed by atoms with Crippen LogP contribution in [-0.2, 0) is 6.54 Å². The van der Waals surface area contributed by atoms with Gasteiger partial charge in [0.2, 0.25) is 0 Å². The van der Waals surface area contributed by atoms with Gasteiger partial charge in [0.25, 0.3) is 0 Å². The Morgan fingerprint density at radius 2 is 2.33 bits per heavy atom. The summed E-state index contributed by atoms with van der Waals surface area (Å²) < 4.78 is 5.45. The van der Waals surface area contributed by atoms with Gasteiger partial charge in [-0.25, -0.2) is 0 Å². The Morgan fingerprint density at radius 3 is 3.10 bits per heavy atom. The van der Waals surface area contributed by atoms with Crippen molar-refractivity contribution >= 4 is 0 Å². The second kappa shape index (κ2) is 6.68. The fraction of sp³-hybridized carbons (Fsp3) is 0.412. The lowest BCUT2D eigenvalue weighted by Crippen LogP contribution is -2.25. The molecule has 3 rings (SSSR count). The fourth-order valence-electron chi connectivity index (χ4n) is 2.83. The zero-order chi connectivity index (χ0) is 14.5. The molecule has 1 atom stereocenters. The third-order valence-corrected chi connectivity index (χ3v) is 3.89. The highest BCUT2D eigenvalue weighted by atomic mass is 16.5. The number of aromatic nitrogens is 2. The van der Waals surface area contributed by atoms with Gasteiger partial charge in [-0.15, -0.1) is 0 Å². The first kappa shape index (κ1) is 14.0. The van der Waals surface area contributed by atoms with Crippen LogP contribution in [0.2, 0.25) is 0 Å². The van der Waals surface area contributed by atoms with E-state index < -0.39 is 0 Å². The van der Waals surface area contributed by atoms with Crippen LogP contribution in [0.25, 0.3) is 11.3 Å². The Bertz CT molecular complexity index is 591. The first-order valence-corrected chi connectivity index (χ1v) is 7.51. The molecule has 2 aromatic rings. The highest BCUT2D eigenvalue weighted by Gasteiger charge is 2.14. The molecule has 0 fully saturated rings. The van der Waals surface area contributed by atoms with Gasteiger partial charge in [0, 0.05) is 30.6 Å². The molecule has 0 saturated carbocycles. The Kier molecular flexibility index (Phi) is 4.46. The highest BCUT2D eigenvalue weighted by Crippen LogP contribution is 2.21. The van der Waals surface area contributed by atoms with Gasteiger partial charge < -0.3 is 4.52 Å². The van der Waals surface area contributed by atoms with Crippen LogP contribution in [0.15, 0.2) is 47.3 Å². The molecule has 1 aliphatic rings. The topological polar surface area (TPSA) is 42.2 Å². The molecule has 2 heterocycles. The number of hydrogen-bond donors (Lipinski definition) is 0. The number of rotatable bonds is 5. The Labute approximate surface area is 125 Å². The van der Waals surface area contributed by atoms with E-state index in [1.165, 1.54) is 19.3 Å². The molecule has 0 aromatic carbocycles. The molecule has 0 aliphatic heterocycles. The molecule has 4 heteroatoms. The van der Waals surface area contributed by atoms with Crippen LogP contribution in [0.4, 0.5) is 0 Å². The minimum atomic E-state index is 0.765. The minimum absolute atomic E-state index is 0.765. The Hall–Kier alpha value is -1.94. The summed E-state index contributed by atoms with van der Waals surface area (Å²) in [7, 11) is 2.14. The van der Waals surface area contributed by atoms with Crippen LogP contribution in [0.1, 0.15) is 25.0 Å². The summed E-state index contributed by atoms with van der Waals surface area (Å²) in [6, 6.07) is 5.91. The van der Waals surface area contributed by atoms with Crippen molar-refractivity contribution < 1.29 is 4.52 Å². The fourth-order valence-corrected chi connectivity index (χ4v) is 2.83. The van der Waals surface area contributed by atoms with Crippen molar-refractivity contribution in [2.24, 2.45) is 5.92 Å². The van der Waals surface area contributed by atoms with E-state index in [1.54, 1.807) is 12.4 Å². The summed E-state index contributed by atoms with van der Waals surface area (Å²) in [5.41, 5.74) is 1.85. The quantitative estimate of drug-likeness (QED) is 0.787. The van der Waals surface area contributed by atoms with Gasteiger partial charge in [0.05, 0.1) is 6.54 Å². The van der Waals surface area contributed by atoms with Crippen LogP contribution >= 0.6 is 0 Å². The summed E-state index contributed by atoms with van der Waals surface area (Å²) in [5.74, 6) is 1.67. The van der Waals surface area contributed by atoms with Gasteiger partial charge in [-0.3, -0.25) is 9.88 Å². The van der Waals surface area contributed by atoms with Crippen molar-refractivity contribution in [1.29, 1.82) is 0 Å². The number of pyridine rings is 1. The Balaban J connectivity index is 1.58. The smallest absolute Gasteiger partial charge is 0.151 e. The lowest BCUT2D eigenvalue weighted by molar-refractivity contribution is 0.230. The molecule has 1 aliphatic carbocycles. The van der Waals surface area contributed by atoms with Gasteiger partial charge in [-0.2, -0.15) is 0 Å². The summed E-state index contributed by atoms with van der Waals surface area (Å²) in [6.07, 6.45) is 11.9. The van der Waals surface area contributed by atoms with E-state index in [9.17, 15) is 0 Å². The van der Waals surface area contributed by atoms with Crippen molar-refractivity contribution in [1.82, 2.24) is 15.0 Å². The molecule has 0 saturated heterocycles. The van der Waals surface area contributed by atoms with Crippen LogP contribution in [0.3, 0.4) is 0 Å². The standard InChI is InChI=1S/C17H21N3O/c1-20(12-14-6-3-2-4-7-14)13-16-10-17(19-21-16)15-8-5-9-18-11-15/h2-3,5,8-11,14H,4,6-7,12-13H2,1H3. The summed E-state index contributed by atoms with van der Waals surface area (Å²) >= 11 is 0. The van der Waals surface area contributed by atoms with Crippen molar-refractivity contribution in [2.75, 3.05) is 13.6 Å². The molecular formula is C17H21N3O. The molecule has 110 valence electrons. The monoisotopic (exact) mass is 283 g/mol. The molecule has 0 N–H and O–H groups in total. The van der Waals surface area contributed by atoms with E-state index in [1.807, 2.05) is 18.2 Å². The first-order valence-electron chi connectivity index (χ1n) is 7.51. The van der Waals surface area contributed by atoms with Crippen LogP contribution < -0.4 is 0 Å². The maximum Gasteiger partial charge on any atom is 0.151 e. The maximum absolute atomic E-state index is 5.45. The molecule has 2 aromatic heterocycles. The van der Waals surface area contributed by atoms with Crippen LogP contribution in [-0.4, -0.2) is 28.6 Å². The normalized spacial score (nSPS) is 18.3. The summed E-state index contributed by atoms with van der Waals surface area (Å²) in [5, 5.41) is 4.13. The summed E-state index contributed by atoms with van der Waals surface area (Å²) in [4.78, 5) is 6.43. The van der Waals surface area contributed by atoms with Gasteiger partial charge >= 0.3 is 0 Å². The maximum atomic E-state index is 5.45. The lowest BCUT2D eigenvalue weighted by Gasteiger charge is -2.23. The largest absolute Gasteiger partial charge is 0.359 e. The zero-order valence-corrected chi connectivity index (χ0v) is 12.4. The van der Waals surface area contributed by atoms with Crippen molar-refractivity contribution in [2.45, 2.75) is 25.8 Å². The van der Waals surface area contributed by atoms with Crippen LogP contribution in [0.5, 0.6) is 0 Å². The molecule has 1 unspecified atom stereocenters. The van der Waals surface area contributed by atoms with Gasteiger partial charge in [0.1, 0.15) is 5.69 Å². The number of hydrogen-bond acceptors (Lipinski definition) is 4. The van der Waals surface area contributed by atoms with E-state index in [0.29, 0.717) is 0 Å². The number of nitrogens with zero attached hydrogens (tertiary/aromatic N) is 3. The summed E-state index contributed by atoms with van der Waals surface area (Å²) in [6.45, 7) is 1.90. The molecule has 21 heavy (non-hydrogen) atoms. The van der Waals surface area contributed by atoms with Crippen LogP contribution in [0, 0.1) is 5.92 Å². The van der Waals surface area contributed by atoms with Crippen molar-refractivity contribution in [3.8, 4) is 11.3 Å². The molecule has 4 nitrogen and oxygen atoms in total. The van der Waals surface area contributed by atoms with E-state index in [4.69, 9.17) is 4.52 Å². The Morgan fingerprint density at radius 1 is 1.38 bits per heavy atom. The second-order valence-corrected chi connectivity index (χ2v) is 5.77. The van der Waals surface area contributed by atoms with Crippen molar-refractivity contribution in [3.63, 3.8) is 0 Å². The van der Waals surface area contributed by atoms with Gasteiger partial charge in [-0.05, 0) is 44.4 Å². The molecule has 0 spiro atoms. The predicted octanol–water partition coefficient (Wildman–Crippen LogP) is 3.52. The third-order valence-electron chi connectivity index (χ3n) is 3.89. The third kappa shape index (κ3) is 3.79. The number of allylic oxidation sites excluding steroid dienone is 2. The van der Waals surface area contributed by atoms with E-state index in [2.05, 4.69) is 34.2 Å². The molecule has 0 radical (unpaired) electrons. The van der Waals surface area contributed by atoms with E-state index in [-0.39, 0.29) is 0 Å². The SMILES string of the molecule is CN(Cc1cc(-c2cccnc2)no1)CC1CC=CCC1.